The first-order chi connectivity index (χ1) is 13.6. The van der Waals surface area contributed by atoms with E-state index >= 15 is 0 Å². The first-order valence-corrected chi connectivity index (χ1v) is 9.52. The standard InChI is InChI=1S/C22H22N2O4/c1-28-17-11-9-15(10-12-17)23-20(25)14-5-4-6-16(13-14)24-21(26)18-7-2-3-8-19(18)22(24)27/h4-6,9-13,18-19H,2-3,7-8H2,1H3,(H,23,25)/t18-,19+. The van der Waals surface area contributed by atoms with Gasteiger partial charge in [-0.15, -0.1) is 0 Å². The van der Waals surface area contributed by atoms with Crippen molar-refractivity contribution in [2.24, 2.45) is 11.8 Å². The van der Waals surface area contributed by atoms with E-state index in [9.17, 15) is 14.4 Å². The van der Waals surface area contributed by atoms with Crippen molar-refractivity contribution in [2.75, 3.05) is 17.3 Å². The molecule has 0 radical (unpaired) electrons. The molecule has 6 nitrogen and oxygen atoms in total. The van der Waals surface area contributed by atoms with E-state index in [0.717, 1.165) is 25.7 Å². The summed E-state index contributed by atoms with van der Waals surface area (Å²) in [6.07, 6.45) is 3.50. The average Bonchev–Trinajstić information content (AvgIpc) is 2.99. The van der Waals surface area contributed by atoms with Gasteiger partial charge in [-0.05, 0) is 55.3 Å². The predicted molar refractivity (Wildman–Crippen MR) is 105 cm³/mol. The van der Waals surface area contributed by atoms with E-state index in [1.807, 2.05) is 0 Å². The number of carbonyl (C=O) groups is 3. The Morgan fingerprint density at radius 2 is 1.64 bits per heavy atom. The number of amides is 3. The zero-order chi connectivity index (χ0) is 19.7. The number of benzene rings is 2. The van der Waals surface area contributed by atoms with Crippen LogP contribution in [0.25, 0.3) is 0 Å². The van der Waals surface area contributed by atoms with Gasteiger partial charge in [0.05, 0.1) is 24.6 Å². The zero-order valence-electron chi connectivity index (χ0n) is 15.7. The number of nitrogens with zero attached hydrogens (tertiary/aromatic N) is 1. The zero-order valence-corrected chi connectivity index (χ0v) is 15.7. The van der Waals surface area contributed by atoms with E-state index in [4.69, 9.17) is 4.74 Å². The summed E-state index contributed by atoms with van der Waals surface area (Å²) in [4.78, 5) is 39.4. The second-order valence-electron chi connectivity index (χ2n) is 7.24. The molecule has 2 atom stereocenters. The minimum atomic E-state index is -0.302. The Morgan fingerprint density at radius 3 is 2.25 bits per heavy atom. The molecule has 2 aromatic carbocycles. The van der Waals surface area contributed by atoms with Gasteiger partial charge >= 0.3 is 0 Å². The van der Waals surface area contributed by atoms with E-state index in [0.29, 0.717) is 22.7 Å². The van der Waals surface area contributed by atoms with Crippen LogP contribution in [0, 0.1) is 11.8 Å². The number of anilines is 2. The van der Waals surface area contributed by atoms with E-state index in [-0.39, 0.29) is 29.6 Å². The van der Waals surface area contributed by atoms with Crippen molar-refractivity contribution in [1.82, 2.24) is 0 Å². The molecule has 0 bridgehead atoms. The van der Waals surface area contributed by atoms with E-state index in [2.05, 4.69) is 5.32 Å². The minimum Gasteiger partial charge on any atom is -0.497 e. The number of imide groups is 1. The Balaban J connectivity index is 1.54. The van der Waals surface area contributed by atoms with Crippen molar-refractivity contribution in [3.8, 4) is 5.75 Å². The molecule has 2 aromatic rings. The molecular formula is C22H22N2O4. The van der Waals surface area contributed by atoms with Crippen LogP contribution in [-0.2, 0) is 9.59 Å². The Bertz CT molecular complexity index is 898. The number of ether oxygens (including phenoxy) is 1. The lowest BCUT2D eigenvalue weighted by Gasteiger charge is -2.19. The van der Waals surface area contributed by atoms with Gasteiger partial charge in [0.25, 0.3) is 5.91 Å². The summed E-state index contributed by atoms with van der Waals surface area (Å²) in [5.74, 6) is -0.295. The van der Waals surface area contributed by atoms with Gasteiger partial charge in [-0.1, -0.05) is 18.9 Å². The molecule has 4 rings (SSSR count). The van der Waals surface area contributed by atoms with Crippen LogP contribution in [0.4, 0.5) is 11.4 Å². The predicted octanol–water partition coefficient (Wildman–Crippen LogP) is 3.63. The van der Waals surface area contributed by atoms with Crippen molar-refractivity contribution in [2.45, 2.75) is 25.7 Å². The molecule has 144 valence electrons. The smallest absolute Gasteiger partial charge is 0.255 e. The lowest BCUT2D eigenvalue weighted by Crippen LogP contribution is -2.31. The van der Waals surface area contributed by atoms with Crippen LogP contribution >= 0.6 is 0 Å². The summed E-state index contributed by atoms with van der Waals surface area (Å²) >= 11 is 0. The fourth-order valence-corrected chi connectivity index (χ4v) is 4.08. The van der Waals surface area contributed by atoms with Gasteiger partial charge in [-0.25, -0.2) is 0 Å². The lowest BCUT2D eigenvalue weighted by molar-refractivity contribution is -0.122. The summed E-state index contributed by atoms with van der Waals surface area (Å²) in [6, 6.07) is 13.7. The Kier molecular flexibility index (Phi) is 4.86. The number of rotatable bonds is 4. The Labute approximate surface area is 163 Å². The third-order valence-electron chi connectivity index (χ3n) is 5.56. The molecule has 1 heterocycles. The molecule has 1 saturated heterocycles. The second kappa shape index (κ2) is 7.46. The highest BCUT2D eigenvalue weighted by molar-refractivity contribution is 6.22. The van der Waals surface area contributed by atoms with E-state index in [1.54, 1.807) is 55.6 Å². The molecule has 1 aliphatic heterocycles. The number of fused-ring (bicyclic) bond motifs is 1. The maximum atomic E-state index is 12.8. The SMILES string of the molecule is COc1ccc(NC(=O)c2cccc(N3C(=O)[C@H]4CCCC[C@H]4C3=O)c2)cc1. The van der Waals surface area contributed by atoms with Gasteiger partial charge in [-0.3, -0.25) is 19.3 Å². The lowest BCUT2D eigenvalue weighted by atomic mass is 9.81. The molecule has 2 aliphatic rings. The molecule has 6 heteroatoms. The molecule has 3 amide bonds. The third kappa shape index (κ3) is 3.26. The van der Waals surface area contributed by atoms with Crippen molar-refractivity contribution < 1.29 is 19.1 Å². The number of carbonyl (C=O) groups excluding carboxylic acids is 3. The molecule has 0 aromatic heterocycles. The van der Waals surface area contributed by atoms with Crippen LogP contribution in [0.5, 0.6) is 5.75 Å². The van der Waals surface area contributed by atoms with Gasteiger partial charge in [-0.2, -0.15) is 0 Å². The highest BCUT2D eigenvalue weighted by Gasteiger charge is 2.48. The summed E-state index contributed by atoms with van der Waals surface area (Å²) in [7, 11) is 1.58. The molecule has 28 heavy (non-hydrogen) atoms. The largest absolute Gasteiger partial charge is 0.497 e. The quantitative estimate of drug-likeness (QED) is 0.825. The number of hydrogen-bond donors (Lipinski definition) is 1. The van der Waals surface area contributed by atoms with Crippen LogP contribution in [0.3, 0.4) is 0 Å². The first-order valence-electron chi connectivity index (χ1n) is 9.52. The third-order valence-corrected chi connectivity index (χ3v) is 5.56. The number of hydrogen-bond acceptors (Lipinski definition) is 4. The topological polar surface area (TPSA) is 75.7 Å². The van der Waals surface area contributed by atoms with Crippen molar-refractivity contribution in [3.05, 3.63) is 54.1 Å². The van der Waals surface area contributed by atoms with Gasteiger partial charge in [0.1, 0.15) is 5.75 Å². The highest BCUT2D eigenvalue weighted by atomic mass is 16.5. The van der Waals surface area contributed by atoms with Crippen LogP contribution in [0.1, 0.15) is 36.0 Å². The molecule has 1 aliphatic carbocycles. The first kappa shape index (κ1) is 18.2. The number of methoxy groups -OCH3 is 1. The Hall–Kier alpha value is -3.15. The molecule has 0 unspecified atom stereocenters. The summed E-state index contributed by atoms with van der Waals surface area (Å²) in [5, 5.41) is 2.82. The van der Waals surface area contributed by atoms with Gasteiger partial charge in [0, 0.05) is 11.3 Å². The fraction of sp³-hybridized carbons (Fsp3) is 0.318. The number of nitrogens with one attached hydrogen (secondary N) is 1. The van der Waals surface area contributed by atoms with Crippen LogP contribution < -0.4 is 15.0 Å². The second-order valence-corrected chi connectivity index (χ2v) is 7.24. The molecule has 1 N–H and O–H groups in total. The van der Waals surface area contributed by atoms with Crippen molar-refractivity contribution >= 4 is 29.1 Å². The summed E-state index contributed by atoms with van der Waals surface area (Å²) in [5.41, 5.74) is 1.49. The van der Waals surface area contributed by atoms with Crippen molar-refractivity contribution in [1.29, 1.82) is 0 Å². The average molecular weight is 378 g/mol. The molecular weight excluding hydrogens is 356 g/mol. The van der Waals surface area contributed by atoms with Crippen molar-refractivity contribution in [3.63, 3.8) is 0 Å². The van der Waals surface area contributed by atoms with Gasteiger partial charge < -0.3 is 10.1 Å². The van der Waals surface area contributed by atoms with Gasteiger partial charge in [0.2, 0.25) is 11.8 Å². The van der Waals surface area contributed by atoms with Crippen LogP contribution in [-0.4, -0.2) is 24.8 Å². The van der Waals surface area contributed by atoms with Gasteiger partial charge in [0.15, 0.2) is 0 Å². The molecule has 2 fully saturated rings. The van der Waals surface area contributed by atoms with Crippen LogP contribution in [0.2, 0.25) is 0 Å². The maximum absolute atomic E-state index is 12.8. The highest BCUT2D eigenvalue weighted by Crippen LogP contribution is 2.40. The summed E-state index contributed by atoms with van der Waals surface area (Å²) in [6.45, 7) is 0. The Morgan fingerprint density at radius 1 is 1.00 bits per heavy atom. The maximum Gasteiger partial charge on any atom is 0.255 e. The van der Waals surface area contributed by atoms with E-state index < -0.39 is 0 Å². The minimum absolute atomic E-state index is 0.137. The normalized spacial score (nSPS) is 21.4. The van der Waals surface area contributed by atoms with Crippen LogP contribution in [0.15, 0.2) is 48.5 Å². The fourth-order valence-electron chi connectivity index (χ4n) is 4.08. The monoisotopic (exact) mass is 378 g/mol. The molecule has 0 spiro atoms. The molecule has 1 saturated carbocycles. The van der Waals surface area contributed by atoms with E-state index in [1.165, 1.54) is 4.90 Å². The summed E-state index contributed by atoms with van der Waals surface area (Å²) < 4.78 is 5.11.